The van der Waals surface area contributed by atoms with Crippen molar-refractivity contribution < 1.29 is 0 Å². The molecule has 1 heterocycles. The Morgan fingerprint density at radius 3 is 2.44 bits per heavy atom. The average molecular weight is 240 g/mol. The van der Waals surface area contributed by atoms with Crippen LogP contribution < -0.4 is 5.56 Å². The third kappa shape index (κ3) is 1.86. The van der Waals surface area contributed by atoms with Gasteiger partial charge in [0.25, 0.3) is 5.56 Å². The van der Waals surface area contributed by atoms with Crippen molar-refractivity contribution in [3.05, 3.63) is 58.0 Å². The molecule has 1 saturated carbocycles. The van der Waals surface area contributed by atoms with Gasteiger partial charge < -0.3 is 0 Å². The van der Waals surface area contributed by atoms with Crippen LogP contribution in [0.25, 0.3) is 5.69 Å². The van der Waals surface area contributed by atoms with Crippen LogP contribution in [0.1, 0.15) is 30.9 Å². The molecular weight excluding hydrogens is 224 g/mol. The van der Waals surface area contributed by atoms with Gasteiger partial charge in [-0.1, -0.05) is 19.1 Å². The first-order valence-corrected chi connectivity index (χ1v) is 6.25. The van der Waals surface area contributed by atoms with E-state index in [1.165, 1.54) is 23.1 Å². The predicted octanol–water partition coefficient (Wildman–Crippen LogP) is 2.59. The van der Waals surface area contributed by atoms with Crippen LogP contribution in [0.2, 0.25) is 0 Å². The highest BCUT2D eigenvalue weighted by molar-refractivity contribution is 5.38. The van der Waals surface area contributed by atoms with Gasteiger partial charge in [0, 0.05) is 6.07 Å². The van der Waals surface area contributed by atoms with E-state index in [1.807, 2.05) is 19.1 Å². The fourth-order valence-corrected chi connectivity index (χ4v) is 2.17. The SMILES string of the molecule is Cc1cnn(-c2ccc(C3(C)CC3)cc2)c(=O)c1. The van der Waals surface area contributed by atoms with Gasteiger partial charge in [-0.05, 0) is 48.4 Å². The molecule has 0 unspecified atom stereocenters. The minimum absolute atomic E-state index is 0.0830. The lowest BCUT2D eigenvalue weighted by molar-refractivity contribution is 0.777. The number of nitrogens with zero attached hydrogens (tertiary/aromatic N) is 2. The van der Waals surface area contributed by atoms with Crippen molar-refractivity contribution in [1.82, 2.24) is 9.78 Å². The van der Waals surface area contributed by atoms with Crippen LogP contribution in [0.4, 0.5) is 0 Å². The Bertz CT molecular complexity index is 636. The fraction of sp³-hybridized carbons (Fsp3) is 0.333. The van der Waals surface area contributed by atoms with Crippen molar-refractivity contribution in [1.29, 1.82) is 0 Å². The van der Waals surface area contributed by atoms with Gasteiger partial charge in [0.2, 0.25) is 0 Å². The standard InChI is InChI=1S/C15H16N2O/c1-11-9-14(18)17(16-10-11)13-5-3-12(4-6-13)15(2)7-8-15/h3-6,9-10H,7-8H2,1-2H3. The Kier molecular flexibility index (Phi) is 2.37. The van der Waals surface area contributed by atoms with Crippen LogP contribution in [0.5, 0.6) is 0 Å². The zero-order valence-electron chi connectivity index (χ0n) is 10.7. The lowest BCUT2D eigenvalue weighted by Crippen LogP contribution is -2.20. The Balaban J connectivity index is 2.00. The van der Waals surface area contributed by atoms with E-state index in [9.17, 15) is 4.79 Å². The maximum atomic E-state index is 11.8. The quantitative estimate of drug-likeness (QED) is 0.808. The van der Waals surface area contributed by atoms with Gasteiger partial charge in [0.15, 0.2) is 0 Å². The molecule has 3 heteroatoms. The van der Waals surface area contributed by atoms with Gasteiger partial charge in [-0.25, -0.2) is 0 Å². The molecule has 0 radical (unpaired) electrons. The Morgan fingerprint density at radius 2 is 1.89 bits per heavy atom. The fourth-order valence-electron chi connectivity index (χ4n) is 2.17. The monoisotopic (exact) mass is 240 g/mol. The molecule has 1 aromatic heterocycles. The first-order valence-electron chi connectivity index (χ1n) is 6.25. The smallest absolute Gasteiger partial charge is 0.267 e. The number of benzene rings is 1. The molecule has 0 saturated heterocycles. The molecule has 1 aliphatic rings. The molecule has 3 rings (SSSR count). The van der Waals surface area contributed by atoms with Crippen molar-refractivity contribution in [3.63, 3.8) is 0 Å². The van der Waals surface area contributed by atoms with E-state index in [4.69, 9.17) is 0 Å². The van der Waals surface area contributed by atoms with Crippen LogP contribution in [0.3, 0.4) is 0 Å². The van der Waals surface area contributed by atoms with Crippen LogP contribution in [-0.2, 0) is 5.41 Å². The molecule has 92 valence electrons. The second-order valence-corrected chi connectivity index (χ2v) is 5.39. The van der Waals surface area contributed by atoms with Crippen molar-refractivity contribution in [2.75, 3.05) is 0 Å². The molecule has 0 spiro atoms. The maximum absolute atomic E-state index is 11.8. The largest absolute Gasteiger partial charge is 0.271 e. The lowest BCUT2D eigenvalue weighted by Gasteiger charge is -2.10. The molecule has 3 nitrogen and oxygen atoms in total. The number of hydrogen-bond acceptors (Lipinski definition) is 2. The van der Waals surface area contributed by atoms with Crippen molar-refractivity contribution in [3.8, 4) is 5.69 Å². The summed E-state index contributed by atoms with van der Waals surface area (Å²) < 4.78 is 1.44. The zero-order valence-corrected chi connectivity index (χ0v) is 10.7. The van der Waals surface area contributed by atoms with E-state index in [0.29, 0.717) is 5.41 Å². The van der Waals surface area contributed by atoms with E-state index in [2.05, 4.69) is 24.2 Å². The first-order chi connectivity index (χ1) is 8.58. The van der Waals surface area contributed by atoms with Crippen LogP contribution >= 0.6 is 0 Å². The summed E-state index contributed by atoms with van der Waals surface area (Å²) in [5.41, 5.74) is 3.35. The molecular formula is C15H16N2O. The van der Waals surface area contributed by atoms with E-state index < -0.39 is 0 Å². The second-order valence-electron chi connectivity index (χ2n) is 5.39. The zero-order chi connectivity index (χ0) is 12.8. The predicted molar refractivity (Wildman–Crippen MR) is 71.2 cm³/mol. The topological polar surface area (TPSA) is 34.9 Å². The Labute approximate surface area is 106 Å². The maximum Gasteiger partial charge on any atom is 0.271 e. The van der Waals surface area contributed by atoms with E-state index in [1.54, 1.807) is 12.3 Å². The summed E-state index contributed by atoms with van der Waals surface area (Å²) in [6.45, 7) is 4.15. The van der Waals surface area contributed by atoms with Crippen molar-refractivity contribution in [2.24, 2.45) is 0 Å². The Hall–Kier alpha value is -1.90. The third-order valence-electron chi connectivity index (χ3n) is 3.75. The summed E-state index contributed by atoms with van der Waals surface area (Å²) in [5.74, 6) is 0. The third-order valence-corrected chi connectivity index (χ3v) is 3.75. The average Bonchev–Trinajstić information content (AvgIpc) is 3.09. The first kappa shape index (κ1) is 11.2. The van der Waals surface area contributed by atoms with Gasteiger partial charge in [-0.3, -0.25) is 4.79 Å². The molecule has 0 N–H and O–H groups in total. The lowest BCUT2D eigenvalue weighted by atomic mass is 9.98. The molecule has 0 bridgehead atoms. The summed E-state index contributed by atoms with van der Waals surface area (Å²) in [5, 5.41) is 4.16. The molecule has 0 atom stereocenters. The molecule has 2 aromatic rings. The highest BCUT2D eigenvalue weighted by Crippen LogP contribution is 2.47. The summed E-state index contributed by atoms with van der Waals surface area (Å²) in [6, 6.07) is 9.76. The summed E-state index contributed by atoms with van der Waals surface area (Å²) >= 11 is 0. The molecule has 1 aliphatic carbocycles. The number of aromatic nitrogens is 2. The number of hydrogen-bond donors (Lipinski definition) is 0. The number of aryl methyl sites for hydroxylation is 1. The summed E-state index contributed by atoms with van der Waals surface area (Å²) in [7, 11) is 0. The van der Waals surface area contributed by atoms with Crippen molar-refractivity contribution >= 4 is 0 Å². The highest BCUT2D eigenvalue weighted by Gasteiger charge is 2.38. The molecule has 18 heavy (non-hydrogen) atoms. The van der Waals surface area contributed by atoms with Gasteiger partial charge >= 0.3 is 0 Å². The van der Waals surface area contributed by atoms with Gasteiger partial charge in [0.1, 0.15) is 0 Å². The van der Waals surface area contributed by atoms with E-state index in [0.717, 1.165) is 11.3 Å². The minimum atomic E-state index is -0.0830. The van der Waals surface area contributed by atoms with Crippen molar-refractivity contribution in [2.45, 2.75) is 32.1 Å². The second kappa shape index (κ2) is 3.80. The van der Waals surface area contributed by atoms with Crippen LogP contribution in [-0.4, -0.2) is 9.78 Å². The molecule has 0 aliphatic heterocycles. The summed E-state index contributed by atoms with van der Waals surface area (Å²) in [6.07, 6.45) is 4.22. The minimum Gasteiger partial charge on any atom is -0.267 e. The normalized spacial score (nSPS) is 16.6. The highest BCUT2D eigenvalue weighted by atomic mass is 16.1. The van der Waals surface area contributed by atoms with Crippen LogP contribution in [0.15, 0.2) is 41.3 Å². The molecule has 1 aromatic carbocycles. The molecule has 1 fully saturated rings. The van der Waals surface area contributed by atoms with Gasteiger partial charge in [-0.15, -0.1) is 0 Å². The van der Waals surface area contributed by atoms with E-state index in [-0.39, 0.29) is 5.56 Å². The van der Waals surface area contributed by atoms with Gasteiger partial charge in [0.05, 0.1) is 11.9 Å². The summed E-state index contributed by atoms with van der Waals surface area (Å²) in [4.78, 5) is 11.8. The van der Waals surface area contributed by atoms with Gasteiger partial charge in [-0.2, -0.15) is 9.78 Å². The Morgan fingerprint density at radius 1 is 1.22 bits per heavy atom. The van der Waals surface area contributed by atoms with Crippen LogP contribution in [0, 0.1) is 6.92 Å². The number of rotatable bonds is 2. The molecule has 0 amide bonds. The van der Waals surface area contributed by atoms with E-state index >= 15 is 0 Å².